The lowest BCUT2D eigenvalue weighted by atomic mass is 9.91. The summed E-state index contributed by atoms with van der Waals surface area (Å²) in [5.74, 6) is 1.24. The molecule has 1 saturated carbocycles. The highest BCUT2D eigenvalue weighted by atomic mass is 16.6. The summed E-state index contributed by atoms with van der Waals surface area (Å²) in [7, 11) is 0. The van der Waals surface area contributed by atoms with E-state index in [1.807, 2.05) is 20.8 Å². The number of ether oxygens (including phenoxy) is 1. The maximum absolute atomic E-state index is 11.8. The van der Waals surface area contributed by atoms with E-state index in [1.165, 1.54) is 0 Å². The smallest absolute Gasteiger partial charge is 0.407 e. The zero-order valence-electron chi connectivity index (χ0n) is 13.8. The molecule has 1 aromatic heterocycles. The molecular formula is C15H26N4O3. The Balaban J connectivity index is 1.75. The van der Waals surface area contributed by atoms with Crippen molar-refractivity contribution < 1.29 is 14.1 Å². The molecule has 22 heavy (non-hydrogen) atoms. The highest BCUT2D eigenvalue weighted by molar-refractivity contribution is 5.68. The molecule has 124 valence electrons. The molecule has 0 spiro atoms. The number of carbonyl (C=O) groups is 1. The van der Waals surface area contributed by atoms with E-state index in [4.69, 9.17) is 9.26 Å². The van der Waals surface area contributed by atoms with Crippen LogP contribution in [0.3, 0.4) is 0 Å². The number of hydrogen-bond acceptors (Lipinski definition) is 6. The summed E-state index contributed by atoms with van der Waals surface area (Å²) in [6, 6.07) is 0.478. The van der Waals surface area contributed by atoms with Gasteiger partial charge in [0.05, 0.1) is 6.54 Å². The molecule has 1 fully saturated rings. The topological polar surface area (TPSA) is 89.3 Å². The van der Waals surface area contributed by atoms with Crippen molar-refractivity contribution in [2.45, 2.75) is 77.6 Å². The molecule has 7 nitrogen and oxygen atoms in total. The molecule has 1 aromatic rings. The van der Waals surface area contributed by atoms with Gasteiger partial charge in [-0.2, -0.15) is 4.98 Å². The Morgan fingerprint density at radius 1 is 1.36 bits per heavy atom. The van der Waals surface area contributed by atoms with Crippen molar-refractivity contribution in [1.29, 1.82) is 0 Å². The maximum Gasteiger partial charge on any atom is 0.407 e. The van der Waals surface area contributed by atoms with E-state index < -0.39 is 5.60 Å². The average molecular weight is 310 g/mol. The molecule has 2 atom stereocenters. The first kappa shape index (κ1) is 16.7. The highest BCUT2D eigenvalue weighted by Crippen LogP contribution is 2.19. The van der Waals surface area contributed by atoms with Crippen molar-refractivity contribution in [3.8, 4) is 0 Å². The normalized spacial score (nSPS) is 22.4. The first-order valence-corrected chi connectivity index (χ1v) is 7.84. The van der Waals surface area contributed by atoms with Crippen molar-refractivity contribution in [2.24, 2.45) is 0 Å². The summed E-state index contributed by atoms with van der Waals surface area (Å²) >= 11 is 0. The van der Waals surface area contributed by atoms with Crippen LogP contribution >= 0.6 is 0 Å². The van der Waals surface area contributed by atoms with Crippen LogP contribution in [0.5, 0.6) is 0 Å². The third-order valence-corrected chi connectivity index (χ3v) is 3.51. The van der Waals surface area contributed by atoms with Crippen LogP contribution in [-0.2, 0) is 11.3 Å². The van der Waals surface area contributed by atoms with E-state index in [0.29, 0.717) is 24.3 Å². The predicted molar refractivity (Wildman–Crippen MR) is 81.3 cm³/mol. The Hall–Kier alpha value is -1.63. The molecule has 0 bridgehead atoms. The number of aromatic nitrogens is 2. The second-order valence-corrected chi connectivity index (χ2v) is 6.82. The van der Waals surface area contributed by atoms with Gasteiger partial charge in [-0.05, 0) is 53.4 Å². The molecule has 1 heterocycles. The van der Waals surface area contributed by atoms with E-state index in [1.54, 1.807) is 6.92 Å². The highest BCUT2D eigenvalue weighted by Gasteiger charge is 2.25. The van der Waals surface area contributed by atoms with Crippen LogP contribution in [0.4, 0.5) is 4.79 Å². The van der Waals surface area contributed by atoms with E-state index in [-0.39, 0.29) is 12.1 Å². The Labute approximate surface area is 131 Å². The van der Waals surface area contributed by atoms with E-state index in [0.717, 1.165) is 25.7 Å². The standard InChI is InChI=1S/C15H26N4O3/c1-10-17-13(22-19-10)9-16-11-6-5-7-12(8-11)18-14(20)21-15(2,3)4/h11-12,16H,5-9H2,1-4H3,(H,18,20). The lowest BCUT2D eigenvalue weighted by Crippen LogP contribution is -2.45. The summed E-state index contributed by atoms with van der Waals surface area (Å²) in [4.78, 5) is 16.0. The van der Waals surface area contributed by atoms with Crippen LogP contribution in [0.15, 0.2) is 4.52 Å². The lowest BCUT2D eigenvalue weighted by molar-refractivity contribution is 0.0488. The van der Waals surface area contributed by atoms with Gasteiger partial charge in [0.25, 0.3) is 0 Å². The van der Waals surface area contributed by atoms with Gasteiger partial charge in [0.1, 0.15) is 5.60 Å². The minimum absolute atomic E-state index is 0.144. The summed E-state index contributed by atoms with van der Waals surface area (Å²) < 4.78 is 10.4. The molecule has 7 heteroatoms. The van der Waals surface area contributed by atoms with Crippen LogP contribution in [0, 0.1) is 6.92 Å². The Morgan fingerprint density at radius 3 is 2.73 bits per heavy atom. The molecule has 1 aliphatic carbocycles. The van der Waals surface area contributed by atoms with Gasteiger partial charge >= 0.3 is 6.09 Å². The minimum Gasteiger partial charge on any atom is -0.444 e. The molecule has 2 N–H and O–H groups in total. The van der Waals surface area contributed by atoms with E-state index in [2.05, 4.69) is 20.8 Å². The van der Waals surface area contributed by atoms with Crippen molar-refractivity contribution >= 4 is 6.09 Å². The van der Waals surface area contributed by atoms with Gasteiger partial charge in [0.2, 0.25) is 5.89 Å². The fourth-order valence-electron chi connectivity index (χ4n) is 2.62. The van der Waals surface area contributed by atoms with Gasteiger partial charge in [-0.1, -0.05) is 5.16 Å². The number of hydrogen-bond donors (Lipinski definition) is 2. The predicted octanol–water partition coefficient (Wildman–Crippen LogP) is 2.30. The summed E-state index contributed by atoms with van der Waals surface area (Å²) in [5, 5.41) is 10.1. The summed E-state index contributed by atoms with van der Waals surface area (Å²) in [5.41, 5.74) is -0.466. The largest absolute Gasteiger partial charge is 0.444 e. The van der Waals surface area contributed by atoms with Crippen molar-refractivity contribution in [3.05, 3.63) is 11.7 Å². The molecule has 1 aliphatic rings. The fraction of sp³-hybridized carbons (Fsp3) is 0.800. The fourth-order valence-corrected chi connectivity index (χ4v) is 2.62. The van der Waals surface area contributed by atoms with Gasteiger partial charge < -0.3 is 19.9 Å². The van der Waals surface area contributed by atoms with Crippen molar-refractivity contribution in [3.63, 3.8) is 0 Å². The number of alkyl carbamates (subject to hydrolysis) is 1. The Kier molecular flexibility index (Phi) is 5.39. The molecular weight excluding hydrogens is 284 g/mol. The maximum atomic E-state index is 11.8. The third-order valence-electron chi connectivity index (χ3n) is 3.51. The van der Waals surface area contributed by atoms with E-state index in [9.17, 15) is 4.79 Å². The van der Waals surface area contributed by atoms with Gasteiger partial charge in [-0.3, -0.25) is 0 Å². The molecule has 2 unspecified atom stereocenters. The molecule has 1 amide bonds. The zero-order chi connectivity index (χ0) is 16.2. The second-order valence-electron chi connectivity index (χ2n) is 6.82. The molecule has 0 radical (unpaired) electrons. The zero-order valence-corrected chi connectivity index (χ0v) is 13.8. The number of aryl methyl sites for hydroxylation is 1. The molecule has 0 aromatic carbocycles. The molecule has 0 saturated heterocycles. The summed E-state index contributed by atoms with van der Waals surface area (Å²) in [6.45, 7) is 7.96. The van der Waals surface area contributed by atoms with Gasteiger partial charge in [-0.25, -0.2) is 4.79 Å². The Bertz CT molecular complexity index is 495. The third kappa shape index (κ3) is 5.63. The van der Waals surface area contributed by atoms with Gasteiger partial charge in [0, 0.05) is 12.1 Å². The number of nitrogens with one attached hydrogen (secondary N) is 2. The van der Waals surface area contributed by atoms with Crippen LogP contribution in [0.2, 0.25) is 0 Å². The van der Waals surface area contributed by atoms with E-state index >= 15 is 0 Å². The van der Waals surface area contributed by atoms with Crippen molar-refractivity contribution in [2.75, 3.05) is 0 Å². The van der Waals surface area contributed by atoms with Gasteiger partial charge in [0.15, 0.2) is 5.82 Å². The SMILES string of the molecule is Cc1noc(CNC2CCCC(NC(=O)OC(C)(C)C)C2)n1. The number of rotatable bonds is 4. The second kappa shape index (κ2) is 7.09. The van der Waals surface area contributed by atoms with Crippen LogP contribution in [0.1, 0.15) is 58.2 Å². The number of nitrogens with zero attached hydrogens (tertiary/aromatic N) is 2. The monoisotopic (exact) mass is 310 g/mol. The summed E-state index contributed by atoms with van der Waals surface area (Å²) in [6.07, 6.45) is 3.68. The van der Waals surface area contributed by atoms with Gasteiger partial charge in [-0.15, -0.1) is 0 Å². The molecule has 0 aliphatic heterocycles. The minimum atomic E-state index is -0.466. The average Bonchev–Trinajstić information content (AvgIpc) is 2.80. The number of amides is 1. The van der Waals surface area contributed by atoms with Crippen LogP contribution in [0.25, 0.3) is 0 Å². The molecule has 2 rings (SSSR count). The van der Waals surface area contributed by atoms with Crippen molar-refractivity contribution in [1.82, 2.24) is 20.8 Å². The Morgan fingerprint density at radius 2 is 2.09 bits per heavy atom. The quantitative estimate of drug-likeness (QED) is 0.887. The number of carbonyl (C=O) groups excluding carboxylic acids is 1. The van der Waals surface area contributed by atoms with Crippen LogP contribution < -0.4 is 10.6 Å². The first-order valence-electron chi connectivity index (χ1n) is 7.84. The first-order chi connectivity index (χ1) is 10.3. The lowest BCUT2D eigenvalue weighted by Gasteiger charge is -2.31. The van der Waals surface area contributed by atoms with Crippen LogP contribution in [-0.4, -0.2) is 33.9 Å².